The van der Waals surface area contributed by atoms with Crippen molar-refractivity contribution >= 4 is 17.6 Å². The molecule has 5 heteroatoms. The Bertz CT molecular complexity index is 583. The number of nitrogens with zero attached hydrogens (tertiary/aromatic N) is 1. The van der Waals surface area contributed by atoms with Gasteiger partial charge in [-0.05, 0) is 51.3 Å². The first-order valence-electron chi connectivity index (χ1n) is 8.81. The van der Waals surface area contributed by atoms with Crippen molar-refractivity contribution in [3.63, 3.8) is 0 Å². The lowest BCUT2D eigenvalue weighted by atomic mass is 9.88. The average Bonchev–Trinajstić information content (AvgIpc) is 2.52. The number of nitrogens with two attached hydrogens (primary N) is 1. The van der Waals surface area contributed by atoms with Gasteiger partial charge in [-0.1, -0.05) is 31.4 Å². The number of rotatable bonds is 4. The van der Waals surface area contributed by atoms with Crippen LogP contribution in [-0.2, 0) is 11.3 Å². The molecule has 1 amide bonds. The average molecular weight is 330 g/mol. The standard InChI is InChI=1S/C19H30N4O/c1-19(2,3)23-18(20)21-13-14-8-7-11-16(12-14)22-17(24)15-9-5-4-6-10-15/h7-8,11-12,15H,4-6,9-10,13H2,1-3H3,(H,22,24)(H3,20,21,23). The fraction of sp³-hybridized carbons (Fsp3) is 0.579. The first-order valence-corrected chi connectivity index (χ1v) is 8.81. The Morgan fingerprint density at radius 3 is 2.62 bits per heavy atom. The van der Waals surface area contributed by atoms with E-state index in [1.165, 1.54) is 6.42 Å². The molecule has 0 spiro atoms. The van der Waals surface area contributed by atoms with E-state index in [-0.39, 0.29) is 17.4 Å². The predicted molar refractivity (Wildman–Crippen MR) is 99.9 cm³/mol. The SMILES string of the molecule is CC(C)(C)NC(N)=NCc1cccc(NC(=O)C2CCCCC2)c1. The van der Waals surface area contributed by atoms with E-state index < -0.39 is 0 Å². The summed E-state index contributed by atoms with van der Waals surface area (Å²) >= 11 is 0. The lowest BCUT2D eigenvalue weighted by Gasteiger charge is -2.21. The van der Waals surface area contributed by atoms with Crippen molar-refractivity contribution < 1.29 is 4.79 Å². The van der Waals surface area contributed by atoms with E-state index in [1.54, 1.807) is 0 Å². The second kappa shape index (κ2) is 8.18. The molecule has 1 aromatic rings. The number of nitrogens with one attached hydrogen (secondary N) is 2. The van der Waals surface area contributed by atoms with Crippen molar-refractivity contribution in [1.29, 1.82) is 0 Å². The molecule has 2 rings (SSSR count). The number of benzene rings is 1. The van der Waals surface area contributed by atoms with Gasteiger partial charge in [-0.3, -0.25) is 4.79 Å². The fourth-order valence-corrected chi connectivity index (χ4v) is 2.96. The molecular weight excluding hydrogens is 300 g/mol. The van der Waals surface area contributed by atoms with Crippen LogP contribution in [0.1, 0.15) is 58.4 Å². The predicted octanol–water partition coefficient (Wildman–Crippen LogP) is 3.41. The summed E-state index contributed by atoms with van der Waals surface area (Å²) in [5.41, 5.74) is 7.64. The van der Waals surface area contributed by atoms with Crippen LogP contribution in [-0.4, -0.2) is 17.4 Å². The topological polar surface area (TPSA) is 79.5 Å². The van der Waals surface area contributed by atoms with Crippen LogP contribution in [0.25, 0.3) is 0 Å². The van der Waals surface area contributed by atoms with Crippen molar-refractivity contribution in [2.75, 3.05) is 5.32 Å². The summed E-state index contributed by atoms with van der Waals surface area (Å²) < 4.78 is 0. The molecule has 0 bridgehead atoms. The number of hydrogen-bond acceptors (Lipinski definition) is 2. The Morgan fingerprint density at radius 1 is 1.25 bits per heavy atom. The summed E-state index contributed by atoms with van der Waals surface area (Å²) in [6, 6.07) is 7.82. The lowest BCUT2D eigenvalue weighted by Crippen LogP contribution is -2.44. The summed E-state index contributed by atoms with van der Waals surface area (Å²) in [6.45, 7) is 6.60. The molecule has 1 aromatic carbocycles. The van der Waals surface area contributed by atoms with Gasteiger partial charge in [-0.15, -0.1) is 0 Å². The summed E-state index contributed by atoms with van der Waals surface area (Å²) in [4.78, 5) is 16.7. The Morgan fingerprint density at radius 2 is 1.96 bits per heavy atom. The molecule has 1 fully saturated rings. The molecule has 1 saturated carbocycles. The highest BCUT2D eigenvalue weighted by molar-refractivity contribution is 5.92. The molecule has 5 nitrogen and oxygen atoms in total. The Hall–Kier alpha value is -2.04. The van der Waals surface area contributed by atoms with Gasteiger partial charge in [0.1, 0.15) is 0 Å². The molecule has 0 unspecified atom stereocenters. The molecule has 0 radical (unpaired) electrons. The minimum atomic E-state index is -0.108. The van der Waals surface area contributed by atoms with Crippen LogP contribution in [0.15, 0.2) is 29.3 Å². The van der Waals surface area contributed by atoms with Crippen LogP contribution in [0.3, 0.4) is 0 Å². The largest absolute Gasteiger partial charge is 0.370 e. The number of guanidine groups is 1. The van der Waals surface area contributed by atoms with Crippen molar-refractivity contribution in [1.82, 2.24) is 5.32 Å². The Balaban J connectivity index is 1.93. The minimum Gasteiger partial charge on any atom is -0.370 e. The van der Waals surface area contributed by atoms with Gasteiger partial charge >= 0.3 is 0 Å². The maximum atomic E-state index is 12.3. The summed E-state index contributed by atoms with van der Waals surface area (Å²) in [6.07, 6.45) is 5.58. The highest BCUT2D eigenvalue weighted by atomic mass is 16.1. The zero-order valence-electron chi connectivity index (χ0n) is 15.1. The van der Waals surface area contributed by atoms with Crippen LogP contribution >= 0.6 is 0 Å². The van der Waals surface area contributed by atoms with Gasteiger partial charge < -0.3 is 16.4 Å². The van der Waals surface area contributed by atoms with Gasteiger partial charge in [0.2, 0.25) is 5.91 Å². The van der Waals surface area contributed by atoms with Crippen molar-refractivity contribution in [2.24, 2.45) is 16.6 Å². The van der Waals surface area contributed by atoms with E-state index in [9.17, 15) is 4.79 Å². The van der Waals surface area contributed by atoms with E-state index in [0.717, 1.165) is 36.9 Å². The van der Waals surface area contributed by atoms with Crippen LogP contribution in [0.4, 0.5) is 5.69 Å². The monoisotopic (exact) mass is 330 g/mol. The van der Waals surface area contributed by atoms with Crippen molar-refractivity contribution in [3.8, 4) is 0 Å². The van der Waals surface area contributed by atoms with Gasteiger partial charge in [-0.2, -0.15) is 0 Å². The van der Waals surface area contributed by atoms with Crippen LogP contribution < -0.4 is 16.4 Å². The van der Waals surface area contributed by atoms with E-state index in [1.807, 2.05) is 45.0 Å². The third kappa shape index (κ3) is 6.22. The van der Waals surface area contributed by atoms with E-state index in [4.69, 9.17) is 5.73 Å². The zero-order valence-corrected chi connectivity index (χ0v) is 15.1. The third-order valence-electron chi connectivity index (χ3n) is 4.11. The van der Waals surface area contributed by atoms with Gasteiger partial charge in [0.25, 0.3) is 0 Å². The molecule has 1 aliphatic rings. The number of carbonyl (C=O) groups excluding carboxylic acids is 1. The second-order valence-electron chi connectivity index (χ2n) is 7.60. The molecule has 24 heavy (non-hydrogen) atoms. The maximum absolute atomic E-state index is 12.3. The number of aliphatic imine (C=N–C) groups is 1. The number of anilines is 1. The number of hydrogen-bond donors (Lipinski definition) is 3. The Kier molecular flexibility index (Phi) is 6.23. The molecule has 0 aliphatic heterocycles. The van der Waals surface area contributed by atoms with Crippen LogP contribution in [0, 0.1) is 5.92 Å². The minimum absolute atomic E-state index is 0.108. The Labute approximate surface area is 145 Å². The normalized spacial score (nSPS) is 16.7. The molecule has 0 saturated heterocycles. The van der Waals surface area contributed by atoms with E-state index in [0.29, 0.717) is 12.5 Å². The van der Waals surface area contributed by atoms with E-state index >= 15 is 0 Å². The lowest BCUT2D eigenvalue weighted by molar-refractivity contribution is -0.120. The van der Waals surface area contributed by atoms with Crippen molar-refractivity contribution in [3.05, 3.63) is 29.8 Å². The smallest absolute Gasteiger partial charge is 0.227 e. The van der Waals surface area contributed by atoms with Gasteiger partial charge in [0, 0.05) is 17.1 Å². The number of carbonyl (C=O) groups is 1. The van der Waals surface area contributed by atoms with E-state index in [2.05, 4.69) is 15.6 Å². The molecule has 0 atom stereocenters. The van der Waals surface area contributed by atoms with Crippen LogP contribution in [0.5, 0.6) is 0 Å². The maximum Gasteiger partial charge on any atom is 0.227 e. The highest BCUT2D eigenvalue weighted by Gasteiger charge is 2.21. The zero-order chi connectivity index (χ0) is 17.6. The first-order chi connectivity index (χ1) is 11.3. The number of amides is 1. The van der Waals surface area contributed by atoms with Crippen LogP contribution in [0.2, 0.25) is 0 Å². The van der Waals surface area contributed by atoms with Gasteiger partial charge in [0.15, 0.2) is 5.96 Å². The molecule has 1 aliphatic carbocycles. The van der Waals surface area contributed by atoms with Gasteiger partial charge in [0.05, 0.1) is 6.54 Å². The summed E-state index contributed by atoms with van der Waals surface area (Å²) in [7, 11) is 0. The second-order valence-corrected chi connectivity index (χ2v) is 7.60. The third-order valence-corrected chi connectivity index (χ3v) is 4.11. The first kappa shape index (κ1) is 18.3. The fourth-order valence-electron chi connectivity index (χ4n) is 2.96. The molecule has 4 N–H and O–H groups in total. The quantitative estimate of drug-likeness (QED) is 0.584. The van der Waals surface area contributed by atoms with Gasteiger partial charge in [-0.25, -0.2) is 4.99 Å². The molecule has 132 valence electrons. The molecular formula is C19H30N4O. The summed E-state index contributed by atoms with van der Waals surface area (Å²) in [5, 5.41) is 6.18. The highest BCUT2D eigenvalue weighted by Crippen LogP contribution is 2.25. The summed E-state index contributed by atoms with van der Waals surface area (Å²) in [5.74, 6) is 0.732. The van der Waals surface area contributed by atoms with Crippen molar-refractivity contribution in [2.45, 2.75) is 65.0 Å². The molecule has 0 heterocycles. The molecule has 0 aromatic heterocycles.